The number of carbonyl (C=O) groups is 1. The SMILES string of the molecule is Cc1ccc(Br)cc1C(=O)C(C#N)c1cccs1. The van der Waals surface area contributed by atoms with Crippen molar-refractivity contribution in [2.45, 2.75) is 12.8 Å². The van der Waals surface area contributed by atoms with E-state index in [4.69, 9.17) is 0 Å². The second kappa shape index (κ2) is 5.47. The Balaban J connectivity index is 2.42. The molecule has 0 fully saturated rings. The fraction of sp³-hybridized carbons (Fsp3) is 0.143. The van der Waals surface area contributed by atoms with Crippen LogP contribution in [-0.4, -0.2) is 5.78 Å². The fourth-order valence-corrected chi connectivity index (χ4v) is 2.85. The Morgan fingerprint density at radius 3 is 2.83 bits per heavy atom. The minimum Gasteiger partial charge on any atom is -0.292 e. The molecule has 0 aliphatic heterocycles. The van der Waals surface area contributed by atoms with Crippen molar-refractivity contribution in [1.82, 2.24) is 0 Å². The molecular weight excluding hydrogens is 310 g/mol. The van der Waals surface area contributed by atoms with Crippen LogP contribution in [0.3, 0.4) is 0 Å². The van der Waals surface area contributed by atoms with Crippen LogP contribution in [0, 0.1) is 18.3 Å². The molecule has 1 aromatic carbocycles. The maximum absolute atomic E-state index is 12.4. The lowest BCUT2D eigenvalue weighted by Gasteiger charge is -2.09. The number of hydrogen-bond acceptors (Lipinski definition) is 3. The first-order valence-corrected chi connectivity index (χ1v) is 7.04. The number of rotatable bonds is 3. The Labute approximate surface area is 118 Å². The Bertz CT molecular complexity index is 613. The first kappa shape index (κ1) is 13.0. The van der Waals surface area contributed by atoms with Gasteiger partial charge in [-0.05, 0) is 36.1 Å². The number of ketones is 1. The van der Waals surface area contributed by atoms with E-state index in [1.54, 1.807) is 6.07 Å². The molecule has 90 valence electrons. The van der Waals surface area contributed by atoms with Crippen molar-refractivity contribution in [2.24, 2.45) is 0 Å². The van der Waals surface area contributed by atoms with Crippen LogP contribution in [0.5, 0.6) is 0 Å². The van der Waals surface area contributed by atoms with Crippen LogP contribution in [-0.2, 0) is 0 Å². The molecule has 4 heteroatoms. The zero-order valence-electron chi connectivity index (χ0n) is 9.68. The van der Waals surface area contributed by atoms with Gasteiger partial charge in [-0.2, -0.15) is 5.26 Å². The van der Waals surface area contributed by atoms with Gasteiger partial charge in [-0.25, -0.2) is 0 Å². The van der Waals surface area contributed by atoms with Gasteiger partial charge in [0.15, 0.2) is 5.78 Å². The van der Waals surface area contributed by atoms with Crippen LogP contribution in [0.25, 0.3) is 0 Å². The lowest BCUT2D eigenvalue weighted by molar-refractivity contribution is 0.0979. The first-order chi connectivity index (χ1) is 8.63. The van der Waals surface area contributed by atoms with Gasteiger partial charge in [-0.3, -0.25) is 4.79 Å². The standard InChI is InChI=1S/C14H10BrNOS/c1-9-4-5-10(15)7-11(9)14(17)12(8-16)13-3-2-6-18-13/h2-7,12H,1H3. The third kappa shape index (κ3) is 2.53. The largest absolute Gasteiger partial charge is 0.292 e. The second-order valence-electron chi connectivity index (χ2n) is 3.90. The second-order valence-corrected chi connectivity index (χ2v) is 5.80. The summed E-state index contributed by atoms with van der Waals surface area (Å²) in [6.07, 6.45) is 0. The average molecular weight is 320 g/mol. The molecular formula is C14H10BrNOS. The summed E-state index contributed by atoms with van der Waals surface area (Å²) in [5.74, 6) is -0.850. The molecule has 1 heterocycles. The maximum atomic E-state index is 12.4. The minimum atomic E-state index is -0.710. The van der Waals surface area contributed by atoms with Crippen LogP contribution in [0.4, 0.5) is 0 Å². The number of carbonyl (C=O) groups excluding carboxylic acids is 1. The lowest BCUT2D eigenvalue weighted by atomic mass is 9.94. The molecule has 2 aromatic rings. The number of hydrogen-bond donors (Lipinski definition) is 0. The van der Waals surface area contributed by atoms with E-state index in [1.165, 1.54) is 11.3 Å². The van der Waals surface area contributed by atoms with E-state index in [1.807, 2.05) is 36.6 Å². The van der Waals surface area contributed by atoms with Gasteiger partial charge in [0.25, 0.3) is 0 Å². The minimum absolute atomic E-state index is 0.140. The predicted octanol–water partition coefficient (Wildman–Crippen LogP) is 4.31. The highest BCUT2D eigenvalue weighted by Crippen LogP contribution is 2.27. The van der Waals surface area contributed by atoms with Gasteiger partial charge < -0.3 is 0 Å². The molecule has 0 bridgehead atoms. The molecule has 1 atom stereocenters. The van der Waals surface area contributed by atoms with Crippen LogP contribution in [0.2, 0.25) is 0 Å². The lowest BCUT2D eigenvalue weighted by Crippen LogP contribution is -2.11. The van der Waals surface area contributed by atoms with Gasteiger partial charge in [0.1, 0.15) is 5.92 Å². The van der Waals surface area contributed by atoms with Gasteiger partial charge in [0.2, 0.25) is 0 Å². The molecule has 0 saturated heterocycles. The Morgan fingerprint density at radius 1 is 1.44 bits per heavy atom. The Morgan fingerprint density at radius 2 is 2.22 bits per heavy atom. The highest BCUT2D eigenvalue weighted by Gasteiger charge is 2.23. The number of nitriles is 1. The summed E-state index contributed by atoms with van der Waals surface area (Å²) in [5.41, 5.74) is 1.49. The molecule has 1 aromatic heterocycles. The van der Waals surface area contributed by atoms with Crippen molar-refractivity contribution in [2.75, 3.05) is 0 Å². The molecule has 0 aliphatic rings. The van der Waals surface area contributed by atoms with Crippen molar-refractivity contribution in [1.29, 1.82) is 5.26 Å². The average Bonchev–Trinajstić information content (AvgIpc) is 2.87. The van der Waals surface area contributed by atoms with E-state index in [9.17, 15) is 10.1 Å². The van der Waals surface area contributed by atoms with E-state index in [2.05, 4.69) is 22.0 Å². The third-order valence-electron chi connectivity index (χ3n) is 2.68. The summed E-state index contributed by atoms with van der Waals surface area (Å²) in [6.45, 7) is 1.88. The number of nitrogens with zero attached hydrogens (tertiary/aromatic N) is 1. The van der Waals surface area contributed by atoms with Gasteiger partial charge in [-0.1, -0.05) is 28.1 Å². The van der Waals surface area contributed by atoms with Crippen LogP contribution >= 0.6 is 27.3 Å². The maximum Gasteiger partial charge on any atom is 0.185 e. The smallest absolute Gasteiger partial charge is 0.185 e. The van der Waals surface area contributed by atoms with E-state index < -0.39 is 5.92 Å². The zero-order chi connectivity index (χ0) is 13.1. The summed E-state index contributed by atoms with van der Waals surface area (Å²) in [7, 11) is 0. The van der Waals surface area contributed by atoms with E-state index >= 15 is 0 Å². The van der Waals surface area contributed by atoms with Gasteiger partial charge >= 0.3 is 0 Å². The molecule has 0 amide bonds. The highest BCUT2D eigenvalue weighted by atomic mass is 79.9. The Hall–Kier alpha value is -1.44. The number of aryl methyl sites for hydroxylation is 1. The molecule has 0 spiro atoms. The molecule has 0 N–H and O–H groups in total. The van der Waals surface area contributed by atoms with Crippen molar-refractivity contribution >= 4 is 33.0 Å². The molecule has 0 saturated carbocycles. The quantitative estimate of drug-likeness (QED) is 0.791. The molecule has 2 nitrogen and oxygen atoms in total. The summed E-state index contributed by atoms with van der Waals surface area (Å²) >= 11 is 4.79. The number of halogens is 1. The van der Waals surface area contributed by atoms with E-state index in [0.717, 1.165) is 14.9 Å². The van der Waals surface area contributed by atoms with Crippen molar-refractivity contribution in [3.05, 3.63) is 56.2 Å². The number of thiophene rings is 1. The van der Waals surface area contributed by atoms with Gasteiger partial charge in [0, 0.05) is 14.9 Å². The van der Waals surface area contributed by atoms with Crippen LogP contribution in [0.15, 0.2) is 40.2 Å². The summed E-state index contributed by atoms with van der Waals surface area (Å²) in [6, 6.07) is 11.3. The van der Waals surface area contributed by atoms with Crippen molar-refractivity contribution in [3.8, 4) is 6.07 Å². The normalized spacial score (nSPS) is 11.8. The van der Waals surface area contributed by atoms with E-state index in [0.29, 0.717) is 5.56 Å². The molecule has 1 unspecified atom stereocenters. The van der Waals surface area contributed by atoms with Crippen LogP contribution in [0.1, 0.15) is 26.7 Å². The van der Waals surface area contributed by atoms with Crippen LogP contribution < -0.4 is 0 Å². The van der Waals surface area contributed by atoms with Gasteiger partial charge in [-0.15, -0.1) is 11.3 Å². The first-order valence-electron chi connectivity index (χ1n) is 5.37. The van der Waals surface area contributed by atoms with E-state index in [-0.39, 0.29) is 5.78 Å². The highest BCUT2D eigenvalue weighted by molar-refractivity contribution is 9.10. The summed E-state index contributed by atoms with van der Waals surface area (Å²) in [4.78, 5) is 13.2. The molecule has 2 rings (SSSR count). The molecule has 0 aliphatic carbocycles. The topological polar surface area (TPSA) is 40.9 Å². The molecule has 18 heavy (non-hydrogen) atoms. The number of Topliss-reactive ketones (excluding diaryl/α,β-unsaturated/α-hetero) is 1. The third-order valence-corrected chi connectivity index (χ3v) is 4.11. The molecule has 0 radical (unpaired) electrons. The van der Waals surface area contributed by atoms with Gasteiger partial charge in [0.05, 0.1) is 6.07 Å². The van der Waals surface area contributed by atoms with Crippen molar-refractivity contribution in [3.63, 3.8) is 0 Å². The van der Waals surface area contributed by atoms with Crippen molar-refractivity contribution < 1.29 is 4.79 Å². The zero-order valence-corrected chi connectivity index (χ0v) is 12.1. The predicted molar refractivity (Wildman–Crippen MR) is 75.9 cm³/mol. The fourth-order valence-electron chi connectivity index (χ4n) is 1.72. The summed E-state index contributed by atoms with van der Waals surface area (Å²) in [5, 5.41) is 11.1. The summed E-state index contributed by atoms with van der Waals surface area (Å²) < 4.78 is 0.847. The number of benzene rings is 1. The Kier molecular flexibility index (Phi) is 3.95. The monoisotopic (exact) mass is 319 g/mol.